The summed E-state index contributed by atoms with van der Waals surface area (Å²) in [4.78, 5) is 16.8. The molecule has 2 aromatic rings. The Balaban J connectivity index is 1.68. The van der Waals surface area contributed by atoms with Crippen LogP contribution in [0.5, 0.6) is 0 Å². The normalized spacial score (nSPS) is 15.2. The molecular weight excluding hydrogens is 276 g/mol. The lowest BCUT2D eigenvalue weighted by molar-refractivity contribution is 0.0746. The van der Waals surface area contributed by atoms with E-state index in [0.29, 0.717) is 0 Å². The van der Waals surface area contributed by atoms with Gasteiger partial charge in [0.2, 0.25) is 0 Å². The van der Waals surface area contributed by atoms with Crippen molar-refractivity contribution in [1.29, 1.82) is 0 Å². The number of H-pyrrole nitrogens is 1. The molecule has 1 amide bonds. The number of piperazine rings is 1. The quantitative estimate of drug-likeness (QED) is 0.925. The predicted molar refractivity (Wildman–Crippen MR) is 87.4 cm³/mol. The smallest absolute Gasteiger partial charge is 0.253 e. The molecule has 0 aliphatic carbocycles. The predicted octanol–water partition coefficient (Wildman–Crippen LogP) is 2.30. The maximum atomic E-state index is 12.6. The number of nitrogens with zero attached hydrogens (tertiary/aromatic N) is 3. The summed E-state index contributed by atoms with van der Waals surface area (Å²) >= 11 is 0. The molecule has 0 atom stereocenters. The minimum Gasteiger partial charge on any atom is -0.365 e. The van der Waals surface area contributed by atoms with Gasteiger partial charge in [-0.05, 0) is 32.9 Å². The third kappa shape index (κ3) is 2.71. The maximum Gasteiger partial charge on any atom is 0.253 e. The first-order valence-corrected chi connectivity index (χ1v) is 7.68. The molecule has 3 rings (SSSR count). The Labute approximate surface area is 130 Å². The highest BCUT2D eigenvalue weighted by Crippen LogP contribution is 2.23. The van der Waals surface area contributed by atoms with Gasteiger partial charge in [-0.15, -0.1) is 0 Å². The van der Waals surface area contributed by atoms with Crippen molar-refractivity contribution in [2.45, 2.75) is 20.8 Å². The average molecular weight is 298 g/mol. The Morgan fingerprint density at radius 1 is 1.14 bits per heavy atom. The first-order valence-electron chi connectivity index (χ1n) is 7.68. The molecule has 1 aliphatic heterocycles. The van der Waals surface area contributed by atoms with E-state index in [-0.39, 0.29) is 5.91 Å². The van der Waals surface area contributed by atoms with Gasteiger partial charge in [0.15, 0.2) is 0 Å². The molecule has 0 bridgehead atoms. The van der Waals surface area contributed by atoms with Crippen LogP contribution in [-0.2, 0) is 0 Å². The lowest BCUT2D eigenvalue weighted by atomic mass is 10.1. The van der Waals surface area contributed by atoms with Crippen molar-refractivity contribution in [3.8, 4) is 0 Å². The minimum absolute atomic E-state index is 0.129. The van der Waals surface area contributed by atoms with Crippen molar-refractivity contribution < 1.29 is 4.79 Å². The summed E-state index contributed by atoms with van der Waals surface area (Å²) in [5.74, 6) is 0.129. The van der Waals surface area contributed by atoms with Crippen LogP contribution in [0.4, 0.5) is 5.69 Å². The zero-order chi connectivity index (χ0) is 15.7. The van der Waals surface area contributed by atoms with E-state index in [9.17, 15) is 4.79 Å². The van der Waals surface area contributed by atoms with Crippen molar-refractivity contribution in [2.24, 2.45) is 0 Å². The number of carbonyl (C=O) groups is 1. The largest absolute Gasteiger partial charge is 0.365 e. The number of amides is 1. The van der Waals surface area contributed by atoms with Crippen molar-refractivity contribution in [3.05, 3.63) is 46.8 Å². The van der Waals surface area contributed by atoms with Gasteiger partial charge in [-0.2, -0.15) is 5.10 Å². The van der Waals surface area contributed by atoms with Gasteiger partial charge in [-0.3, -0.25) is 9.89 Å². The highest BCUT2D eigenvalue weighted by atomic mass is 16.2. The molecule has 2 heterocycles. The van der Waals surface area contributed by atoms with Crippen LogP contribution in [0.2, 0.25) is 0 Å². The molecule has 1 N–H and O–H groups in total. The Kier molecular flexibility index (Phi) is 3.88. The van der Waals surface area contributed by atoms with Crippen LogP contribution in [0.15, 0.2) is 24.3 Å². The van der Waals surface area contributed by atoms with E-state index < -0.39 is 0 Å². The Hall–Kier alpha value is -2.30. The highest BCUT2D eigenvalue weighted by molar-refractivity contribution is 5.94. The van der Waals surface area contributed by atoms with E-state index in [4.69, 9.17) is 0 Å². The van der Waals surface area contributed by atoms with Gasteiger partial charge in [0.25, 0.3) is 5.91 Å². The third-order valence-corrected chi connectivity index (χ3v) is 4.24. The number of hydrogen-bond donors (Lipinski definition) is 1. The molecule has 116 valence electrons. The van der Waals surface area contributed by atoms with Crippen LogP contribution < -0.4 is 4.90 Å². The zero-order valence-corrected chi connectivity index (χ0v) is 13.4. The summed E-state index contributed by atoms with van der Waals surface area (Å²) in [6, 6.07) is 7.81. The number of rotatable bonds is 2. The average Bonchev–Trinajstić information content (AvgIpc) is 2.86. The van der Waals surface area contributed by atoms with E-state index in [2.05, 4.69) is 15.1 Å². The van der Waals surface area contributed by atoms with Gasteiger partial charge >= 0.3 is 0 Å². The second-order valence-corrected chi connectivity index (χ2v) is 5.93. The molecule has 1 saturated heterocycles. The summed E-state index contributed by atoms with van der Waals surface area (Å²) in [5.41, 5.74) is 5.20. The standard InChI is InChI=1S/C17H22N4O/c1-12-5-4-6-15(11-12)17(22)21-9-7-20(8-10-21)16-13(2)18-19-14(16)3/h4-6,11H,7-10H2,1-3H3,(H,18,19). The fourth-order valence-corrected chi connectivity index (χ4v) is 3.10. The number of aromatic nitrogens is 2. The van der Waals surface area contributed by atoms with Crippen LogP contribution in [0.25, 0.3) is 0 Å². The lowest BCUT2D eigenvalue weighted by Crippen LogP contribution is -2.49. The Morgan fingerprint density at radius 3 is 2.45 bits per heavy atom. The van der Waals surface area contributed by atoms with E-state index in [1.165, 1.54) is 5.69 Å². The second-order valence-electron chi connectivity index (χ2n) is 5.93. The van der Waals surface area contributed by atoms with Crippen molar-refractivity contribution >= 4 is 11.6 Å². The van der Waals surface area contributed by atoms with E-state index in [1.807, 2.05) is 49.9 Å². The molecule has 0 unspecified atom stereocenters. The van der Waals surface area contributed by atoms with Crippen LogP contribution in [0.1, 0.15) is 27.3 Å². The van der Waals surface area contributed by atoms with Crippen molar-refractivity contribution in [3.63, 3.8) is 0 Å². The van der Waals surface area contributed by atoms with Gasteiger partial charge < -0.3 is 9.80 Å². The summed E-state index contributed by atoms with van der Waals surface area (Å²) in [5, 5.41) is 7.28. The fourth-order valence-electron chi connectivity index (χ4n) is 3.10. The van der Waals surface area contributed by atoms with Crippen LogP contribution in [0.3, 0.4) is 0 Å². The Bertz CT molecular complexity index is 664. The SMILES string of the molecule is Cc1cccc(C(=O)N2CCN(c3c(C)n[nH]c3C)CC2)c1. The highest BCUT2D eigenvalue weighted by Gasteiger charge is 2.24. The molecule has 1 aliphatic rings. The molecule has 0 saturated carbocycles. The molecule has 22 heavy (non-hydrogen) atoms. The molecule has 5 heteroatoms. The number of hydrogen-bond acceptors (Lipinski definition) is 3. The molecule has 5 nitrogen and oxygen atoms in total. The van der Waals surface area contributed by atoms with Crippen LogP contribution in [-0.4, -0.2) is 47.2 Å². The molecule has 0 spiro atoms. The molecular formula is C17H22N4O. The van der Waals surface area contributed by atoms with Crippen molar-refractivity contribution in [2.75, 3.05) is 31.1 Å². The lowest BCUT2D eigenvalue weighted by Gasteiger charge is -2.36. The molecule has 1 fully saturated rings. The number of anilines is 1. The topological polar surface area (TPSA) is 52.2 Å². The Morgan fingerprint density at radius 2 is 1.86 bits per heavy atom. The number of carbonyl (C=O) groups excluding carboxylic acids is 1. The second kappa shape index (κ2) is 5.83. The summed E-state index contributed by atoms with van der Waals surface area (Å²) in [6.45, 7) is 9.26. The summed E-state index contributed by atoms with van der Waals surface area (Å²) in [7, 11) is 0. The van der Waals surface area contributed by atoms with Gasteiger partial charge in [-0.1, -0.05) is 17.7 Å². The van der Waals surface area contributed by atoms with Crippen LogP contribution in [0, 0.1) is 20.8 Å². The number of benzene rings is 1. The number of nitrogens with one attached hydrogen (secondary N) is 1. The van der Waals surface area contributed by atoms with Crippen molar-refractivity contribution in [1.82, 2.24) is 15.1 Å². The van der Waals surface area contributed by atoms with Gasteiger partial charge in [0.1, 0.15) is 0 Å². The third-order valence-electron chi connectivity index (χ3n) is 4.24. The van der Waals surface area contributed by atoms with Gasteiger partial charge in [-0.25, -0.2) is 0 Å². The van der Waals surface area contributed by atoms with Gasteiger partial charge in [0, 0.05) is 31.7 Å². The van der Waals surface area contributed by atoms with Crippen LogP contribution >= 0.6 is 0 Å². The fraction of sp³-hybridized carbons (Fsp3) is 0.412. The van der Waals surface area contributed by atoms with E-state index >= 15 is 0 Å². The minimum atomic E-state index is 0.129. The molecule has 1 aromatic heterocycles. The summed E-state index contributed by atoms with van der Waals surface area (Å²) < 4.78 is 0. The summed E-state index contributed by atoms with van der Waals surface area (Å²) in [6.07, 6.45) is 0. The van der Waals surface area contributed by atoms with E-state index in [0.717, 1.165) is 48.7 Å². The molecule has 0 radical (unpaired) electrons. The monoisotopic (exact) mass is 298 g/mol. The molecule has 1 aromatic carbocycles. The first-order chi connectivity index (χ1) is 10.6. The number of aromatic amines is 1. The number of aryl methyl sites for hydroxylation is 3. The maximum absolute atomic E-state index is 12.6. The zero-order valence-electron chi connectivity index (χ0n) is 13.4. The van der Waals surface area contributed by atoms with E-state index in [1.54, 1.807) is 0 Å². The van der Waals surface area contributed by atoms with Gasteiger partial charge in [0.05, 0.1) is 17.1 Å². The first kappa shape index (κ1) is 14.6.